The lowest BCUT2D eigenvalue weighted by Crippen LogP contribution is -2.25. The van der Waals surface area contributed by atoms with E-state index < -0.39 is 0 Å². The molecule has 0 aliphatic rings. The van der Waals surface area contributed by atoms with E-state index in [0.717, 1.165) is 0 Å². The van der Waals surface area contributed by atoms with E-state index in [2.05, 4.69) is 35.9 Å². The molecule has 3 N–H and O–H groups in total. The number of amides is 1. The van der Waals surface area contributed by atoms with Crippen LogP contribution in [-0.2, 0) is 4.79 Å². The second kappa shape index (κ2) is 7.17. The number of carbonyl (C=O) groups is 1. The fraction of sp³-hybridized carbons (Fsp3) is 0.417. The van der Waals surface area contributed by atoms with E-state index in [1.165, 1.54) is 0 Å². The van der Waals surface area contributed by atoms with Crippen LogP contribution in [0.3, 0.4) is 0 Å². The highest BCUT2D eigenvalue weighted by Gasteiger charge is 2.07. The van der Waals surface area contributed by atoms with Crippen molar-refractivity contribution in [2.45, 2.75) is 13.3 Å². The molecular formula is C12H18N8O. The molecule has 21 heavy (non-hydrogen) atoms. The average molecular weight is 290 g/mol. The Hall–Kier alpha value is -2.71. The van der Waals surface area contributed by atoms with Crippen LogP contribution in [0.1, 0.15) is 13.3 Å². The smallest absolute Gasteiger partial charge is 0.241 e. The molecule has 2 aromatic rings. The molecule has 0 bridgehead atoms. The Morgan fingerprint density at radius 3 is 2.76 bits per heavy atom. The number of carbonyl (C=O) groups excluding carboxylic acids is 1. The van der Waals surface area contributed by atoms with E-state index in [-0.39, 0.29) is 5.91 Å². The molecule has 0 aliphatic carbocycles. The number of imidazole rings is 1. The Bertz CT molecular complexity index is 583. The minimum Gasteiger partial charge on any atom is -0.357 e. The molecule has 0 radical (unpaired) electrons. The fourth-order valence-electron chi connectivity index (χ4n) is 1.62. The number of hydrogen-bond acceptors (Lipinski definition) is 7. The van der Waals surface area contributed by atoms with Gasteiger partial charge in [-0.2, -0.15) is 15.0 Å². The number of nitrogens with zero attached hydrogens (tertiary/aromatic N) is 5. The molecule has 0 spiro atoms. The minimum absolute atomic E-state index is 0.0114. The van der Waals surface area contributed by atoms with Crippen LogP contribution in [0, 0.1) is 0 Å². The minimum atomic E-state index is -0.0114. The molecule has 0 aliphatic heterocycles. The zero-order valence-electron chi connectivity index (χ0n) is 12.0. The largest absolute Gasteiger partial charge is 0.357 e. The van der Waals surface area contributed by atoms with Crippen molar-refractivity contribution >= 4 is 17.8 Å². The highest BCUT2D eigenvalue weighted by atomic mass is 16.1. The van der Waals surface area contributed by atoms with Crippen LogP contribution in [0.4, 0.5) is 11.9 Å². The molecule has 0 unspecified atom stereocenters. The van der Waals surface area contributed by atoms with Crippen molar-refractivity contribution in [2.24, 2.45) is 0 Å². The zero-order chi connectivity index (χ0) is 15.1. The molecule has 0 aromatic carbocycles. The van der Waals surface area contributed by atoms with Crippen LogP contribution < -0.4 is 16.0 Å². The number of aromatic nitrogens is 5. The van der Waals surface area contributed by atoms with Crippen LogP contribution in [-0.4, -0.2) is 50.5 Å². The van der Waals surface area contributed by atoms with Gasteiger partial charge in [-0.25, -0.2) is 4.98 Å². The molecule has 112 valence electrons. The Kier molecular flexibility index (Phi) is 5.02. The van der Waals surface area contributed by atoms with E-state index in [1.54, 1.807) is 30.3 Å². The third-order valence-electron chi connectivity index (χ3n) is 2.59. The molecule has 1 amide bonds. The van der Waals surface area contributed by atoms with E-state index >= 15 is 0 Å². The maximum Gasteiger partial charge on any atom is 0.241 e. The first-order valence-electron chi connectivity index (χ1n) is 6.65. The standard InChI is InChI=1S/C12H18N8O/c1-3-15-9(21)4-5-16-11-17-10(13-2)18-12(19-11)20-7-6-14-8-20/h6-8H,3-5H2,1-2H3,(H,15,21)(H2,13,16,17,18,19). The van der Waals surface area contributed by atoms with E-state index in [1.807, 2.05) is 6.92 Å². The first kappa shape index (κ1) is 14.7. The molecule has 0 saturated heterocycles. The SMILES string of the molecule is CCNC(=O)CCNc1nc(NC)nc(-n2ccnc2)n1. The van der Waals surface area contributed by atoms with Gasteiger partial charge in [0.05, 0.1) is 0 Å². The van der Waals surface area contributed by atoms with Crippen LogP contribution in [0.2, 0.25) is 0 Å². The Morgan fingerprint density at radius 2 is 2.10 bits per heavy atom. The van der Waals surface area contributed by atoms with Gasteiger partial charge in [-0.05, 0) is 6.92 Å². The van der Waals surface area contributed by atoms with Gasteiger partial charge < -0.3 is 16.0 Å². The Morgan fingerprint density at radius 1 is 1.29 bits per heavy atom. The van der Waals surface area contributed by atoms with Crippen LogP contribution in [0.25, 0.3) is 5.95 Å². The van der Waals surface area contributed by atoms with Crippen LogP contribution >= 0.6 is 0 Å². The number of nitrogens with one attached hydrogen (secondary N) is 3. The van der Waals surface area contributed by atoms with Crippen molar-refractivity contribution in [3.63, 3.8) is 0 Å². The maximum atomic E-state index is 11.4. The third kappa shape index (κ3) is 4.13. The molecule has 0 fully saturated rings. The number of rotatable bonds is 7. The summed E-state index contributed by atoms with van der Waals surface area (Å²) >= 11 is 0. The first-order chi connectivity index (χ1) is 10.2. The second-order valence-electron chi connectivity index (χ2n) is 4.13. The van der Waals surface area contributed by atoms with Gasteiger partial charge in [-0.3, -0.25) is 9.36 Å². The molecule has 0 saturated carbocycles. The fourth-order valence-corrected chi connectivity index (χ4v) is 1.62. The molecule has 9 heteroatoms. The van der Waals surface area contributed by atoms with Gasteiger partial charge in [0, 0.05) is 39.0 Å². The summed E-state index contributed by atoms with van der Waals surface area (Å²) in [6.07, 6.45) is 5.35. The molecule has 2 rings (SSSR count). The molecule has 2 heterocycles. The van der Waals surface area contributed by atoms with Crippen molar-refractivity contribution in [3.8, 4) is 5.95 Å². The van der Waals surface area contributed by atoms with E-state index in [0.29, 0.717) is 37.4 Å². The van der Waals surface area contributed by atoms with Crippen molar-refractivity contribution in [1.82, 2.24) is 29.8 Å². The van der Waals surface area contributed by atoms with Gasteiger partial charge in [0.1, 0.15) is 6.33 Å². The van der Waals surface area contributed by atoms with Gasteiger partial charge in [-0.15, -0.1) is 0 Å². The van der Waals surface area contributed by atoms with E-state index in [4.69, 9.17) is 0 Å². The Balaban J connectivity index is 2.05. The summed E-state index contributed by atoms with van der Waals surface area (Å²) in [4.78, 5) is 28.1. The normalized spacial score (nSPS) is 10.2. The summed E-state index contributed by atoms with van der Waals surface area (Å²) < 4.78 is 1.68. The predicted molar refractivity (Wildman–Crippen MR) is 78.3 cm³/mol. The molecule has 9 nitrogen and oxygen atoms in total. The lowest BCUT2D eigenvalue weighted by Gasteiger charge is -2.08. The van der Waals surface area contributed by atoms with E-state index in [9.17, 15) is 4.79 Å². The molecular weight excluding hydrogens is 272 g/mol. The number of anilines is 2. The summed E-state index contributed by atoms with van der Waals surface area (Å²) in [5.41, 5.74) is 0. The maximum absolute atomic E-state index is 11.4. The zero-order valence-corrected chi connectivity index (χ0v) is 12.0. The second-order valence-corrected chi connectivity index (χ2v) is 4.13. The summed E-state index contributed by atoms with van der Waals surface area (Å²) in [6.45, 7) is 2.95. The summed E-state index contributed by atoms with van der Waals surface area (Å²) in [5, 5.41) is 8.62. The van der Waals surface area contributed by atoms with Crippen molar-refractivity contribution in [2.75, 3.05) is 30.8 Å². The average Bonchev–Trinajstić information content (AvgIpc) is 3.01. The third-order valence-corrected chi connectivity index (χ3v) is 2.59. The summed E-state index contributed by atoms with van der Waals surface area (Å²) in [7, 11) is 1.73. The highest BCUT2D eigenvalue weighted by molar-refractivity contribution is 5.76. The van der Waals surface area contributed by atoms with Crippen LogP contribution in [0.5, 0.6) is 0 Å². The first-order valence-corrected chi connectivity index (χ1v) is 6.65. The predicted octanol–water partition coefficient (Wildman–Crippen LogP) is 0.0371. The van der Waals surface area contributed by atoms with Crippen molar-refractivity contribution in [3.05, 3.63) is 18.7 Å². The lowest BCUT2D eigenvalue weighted by molar-refractivity contribution is -0.120. The van der Waals surface area contributed by atoms with Gasteiger partial charge in [-0.1, -0.05) is 0 Å². The van der Waals surface area contributed by atoms with Crippen molar-refractivity contribution in [1.29, 1.82) is 0 Å². The van der Waals surface area contributed by atoms with Gasteiger partial charge in [0.2, 0.25) is 23.8 Å². The Labute approximate surface area is 122 Å². The summed E-state index contributed by atoms with van der Waals surface area (Å²) in [6, 6.07) is 0. The van der Waals surface area contributed by atoms with Gasteiger partial charge in [0.25, 0.3) is 0 Å². The molecule has 0 atom stereocenters. The van der Waals surface area contributed by atoms with Crippen molar-refractivity contribution < 1.29 is 4.79 Å². The van der Waals surface area contributed by atoms with Gasteiger partial charge in [0.15, 0.2) is 0 Å². The number of hydrogen-bond donors (Lipinski definition) is 3. The quantitative estimate of drug-likeness (QED) is 0.660. The molecule has 2 aromatic heterocycles. The lowest BCUT2D eigenvalue weighted by atomic mass is 10.4. The topological polar surface area (TPSA) is 110 Å². The monoisotopic (exact) mass is 290 g/mol. The van der Waals surface area contributed by atoms with Crippen LogP contribution in [0.15, 0.2) is 18.7 Å². The van der Waals surface area contributed by atoms with Gasteiger partial charge >= 0.3 is 0 Å². The summed E-state index contributed by atoms with van der Waals surface area (Å²) in [5.74, 6) is 1.28. The highest BCUT2D eigenvalue weighted by Crippen LogP contribution is 2.08.